The number of hydrogen-bond donors (Lipinski definition) is 2. The van der Waals surface area contributed by atoms with Crippen LogP contribution in [0.25, 0.3) is 10.4 Å². The Kier molecular flexibility index (Phi) is 3.82. The monoisotopic (exact) mass is 320 g/mol. The van der Waals surface area contributed by atoms with Gasteiger partial charge in [0.25, 0.3) is 0 Å². The summed E-state index contributed by atoms with van der Waals surface area (Å²) in [6.07, 6.45) is 1.48. The molecule has 0 aliphatic heterocycles. The molecule has 2 N–H and O–H groups in total. The molecule has 0 atom stereocenters. The summed E-state index contributed by atoms with van der Waals surface area (Å²) in [5.41, 5.74) is 1.54. The third kappa shape index (κ3) is 3.18. The van der Waals surface area contributed by atoms with Crippen molar-refractivity contribution in [3.8, 4) is 10.4 Å². The van der Waals surface area contributed by atoms with Crippen molar-refractivity contribution in [1.82, 2.24) is 20.1 Å². The molecule has 3 aromatic rings. The molecular weight excluding hydrogens is 308 g/mol. The zero-order valence-electron chi connectivity index (χ0n) is 10.9. The predicted molar refractivity (Wildman–Crippen MR) is 80.2 cm³/mol. The molecule has 0 saturated carbocycles. The topological polar surface area (TPSA) is 87.7 Å². The van der Waals surface area contributed by atoms with Crippen LogP contribution >= 0.6 is 11.3 Å². The van der Waals surface area contributed by atoms with E-state index in [0.717, 1.165) is 10.4 Å². The molecule has 8 heteroatoms. The number of hydrogen-bond acceptors (Lipinski definition) is 5. The van der Waals surface area contributed by atoms with E-state index >= 15 is 0 Å². The molecule has 6 nitrogen and oxygen atoms in total. The average Bonchev–Trinajstić information content (AvgIpc) is 3.18. The summed E-state index contributed by atoms with van der Waals surface area (Å²) >= 11 is 1.24. The Hall–Kier alpha value is -2.03. The molecule has 0 amide bonds. The maximum absolute atomic E-state index is 12.2. The van der Waals surface area contributed by atoms with Gasteiger partial charge in [-0.1, -0.05) is 30.3 Å². The van der Waals surface area contributed by atoms with Gasteiger partial charge in [0.05, 0.1) is 18.4 Å². The van der Waals surface area contributed by atoms with Crippen LogP contribution in [0.3, 0.4) is 0 Å². The number of H-pyrrole nitrogens is 1. The van der Waals surface area contributed by atoms with Gasteiger partial charge >= 0.3 is 0 Å². The first kappa shape index (κ1) is 13.9. The molecule has 3 rings (SSSR count). The summed E-state index contributed by atoms with van der Waals surface area (Å²) in [7, 11) is -3.54. The Balaban J connectivity index is 1.78. The summed E-state index contributed by atoms with van der Waals surface area (Å²) in [4.78, 5) is 0.914. The van der Waals surface area contributed by atoms with E-state index in [4.69, 9.17) is 0 Å². The molecule has 0 bridgehead atoms. The summed E-state index contributed by atoms with van der Waals surface area (Å²) in [5, 5.41) is 9.88. The standard InChI is InChI=1S/C13H12N4O2S2/c18-21(19,15-9-11-8-14-17-16-11)13-7-6-12(20-13)10-4-2-1-3-5-10/h1-8,15H,9H2,(H,14,16,17). The van der Waals surface area contributed by atoms with Gasteiger partial charge in [0.2, 0.25) is 10.0 Å². The summed E-state index contributed by atoms with van der Waals surface area (Å²) < 4.78 is 27.2. The first-order valence-electron chi connectivity index (χ1n) is 6.15. The largest absolute Gasteiger partial charge is 0.250 e. The highest BCUT2D eigenvalue weighted by molar-refractivity contribution is 7.91. The van der Waals surface area contributed by atoms with Crippen LogP contribution in [0.4, 0.5) is 0 Å². The van der Waals surface area contributed by atoms with E-state index in [1.165, 1.54) is 17.5 Å². The Morgan fingerprint density at radius 2 is 1.95 bits per heavy atom. The Labute approximate surface area is 125 Å². The molecule has 2 heterocycles. The molecule has 108 valence electrons. The van der Waals surface area contributed by atoms with Crippen molar-refractivity contribution in [2.45, 2.75) is 10.8 Å². The SMILES string of the molecule is O=S(=O)(NCc1cn[nH]n1)c1ccc(-c2ccccc2)s1. The smallest absolute Gasteiger partial charge is 0.206 e. The second-order valence-electron chi connectivity index (χ2n) is 4.27. The molecule has 0 aliphatic carbocycles. The van der Waals surface area contributed by atoms with E-state index < -0.39 is 10.0 Å². The summed E-state index contributed by atoms with van der Waals surface area (Å²) in [5.74, 6) is 0. The zero-order valence-corrected chi connectivity index (χ0v) is 12.5. The lowest BCUT2D eigenvalue weighted by atomic mass is 10.2. The van der Waals surface area contributed by atoms with Gasteiger partial charge in [0.15, 0.2) is 0 Å². The fraction of sp³-hybridized carbons (Fsp3) is 0.0769. The van der Waals surface area contributed by atoms with E-state index in [9.17, 15) is 8.42 Å². The number of nitrogens with one attached hydrogen (secondary N) is 2. The quantitative estimate of drug-likeness (QED) is 0.753. The Bertz CT molecular complexity index is 811. The molecule has 0 radical (unpaired) electrons. The van der Waals surface area contributed by atoms with Crippen molar-refractivity contribution < 1.29 is 8.42 Å². The van der Waals surface area contributed by atoms with Gasteiger partial charge in [-0.05, 0) is 17.7 Å². The minimum atomic E-state index is -3.54. The van der Waals surface area contributed by atoms with Gasteiger partial charge in [0.1, 0.15) is 4.21 Å². The summed E-state index contributed by atoms with van der Waals surface area (Å²) in [6.45, 7) is 0.109. The molecule has 0 aliphatic rings. The number of thiophene rings is 1. The van der Waals surface area contributed by atoms with E-state index in [2.05, 4.69) is 20.1 Å². The highest BCUT2D eigenvalue weighted by atomic mass is 32.2. The maximum atomic E-state index is 12.2. The minimum Gasteiger partial charge on any atom is -0.206 e. The molecule has 0 unspecified atom stereocenters. The normalized spacial score (nSPS) is 11.6. The van der Waals surface area contributed by atoms with Crippen molar-refractivity contribution in [3.63, 3.8) is 0 Å². The first-order valence-corrected chi connectivity index (χ1v) is 8.45. The van der Waals surface area contributed by atoms with Crippen molar-refractivity contribution in [3.05, 3.63) is 54.4 Å². The second-order valence-corrected chi connectivity index (χ2v) is 7.35. The number of aromatic nitrogens is 3. The van der Waals surface area contributed by atoms with Crippen LogP contribution in [-0.2, 0) is 16.6 Å². The second kappa shape index (κ2) is 5.76. The fourth-order valence-corrected chi connectivity index (χ4v) is 4.13. The molecule has 2 aromatic heterocycles. The third-order valence-corrected chi connectivity index (χ3v) is 5.84. The van der Waals surface area contributed by atoms with Crippen LogP contribution in [0.15, 0.2) is 52.9 Å². The summed E-state index contributed by atoms with van der Waals surface area (Å²) in [6, 6.07) is 13.1. The van der Waals surface area contributed by atoms with Crippen molar-refractivity contribution >= 4 is 21.4 Å². The van der Waals surface area contributed by atoms with Gasteiger partial charge in [0, 0.05) is 4.88 Å². The maximum Gasteiger partial charge on any atom is 0.250 e. The predicted octanol–water partition coefficient (Wildman–Crippen LogP) is 2.01. The van der Waals surface area contributed by atoms with Crippen LogP contribution in [0.2, 0.25) is 0 Å². The number of benzene rings is 1. The van der Waals surface area contributed by atoms with E-state index in [0.29, 0.717) is 5.69 Å². The van der Waals surface area contributed by atoms with Gasteiger partial charge in [-0.25, -0.2) is 13.1 Å². The van der Waals surface area contributed by atoms with Crippen molar-refractivity contribution in [2.75, 3.05) is 0 Å². The number of sulfonamides is 1. The highest BCUT2D eigenvalue weighted by Gasteiger charge is 2.17. The van der Waals surface area contributed by atoms with Crippen LogP contribution < -0.4 is 4.72 Å². The number of nitrogens with zero attached hydrogens (tertiary/aromatic N) is 2. The molecule has 0 spiro atoms. The molecular formula is C13H12N4O2S2. The molecule has 0 fully saturated rings. The van der Waals surface area contributed by atoms with Gasteiger partial charge < -0.3 is 0 Å². The first-order chi connectivity index (χ1) is 10.1. The van der Waals surface area contributed by atoms with Crippen LogP contribution in [0, 0.1) is 0 Å². The molecule has 0 saturated heterocycles. The van der Waals surface area contributed by atoms with E-state index in [-0.39, 0.29) is 10.8 Å². The zero-order chi connectivity index (χ0) is 14.7. The lowest BCUT2D eigenvalue weighted by molar-refractivity contribution is 0.582. The average molecular weight is 320 g/mol. The van der Waals surface area contributed by atoms with Crippen LogP contribution in [0.5, 0.6) is 0 Å². The van der Waals surface area contributed by atoms with Gasteiger partial charge in [-0.2, -0.15) is 15.4 Å². The van der Waals surface area contributed by atoms with Gasteiger partial charge in [-0.15, -0.1) is 11.3 Å². The van der Waals surface area contributed by atoms with E-state index in [1.807, 2.05) is 36.4 Å². The lowest BCUT2D eigenvalue weighted by Crippen LogP contribution is -2.22. The van der Waals surface area contributed by atoms with Crippen molar-refractivity contribution in [2.24, 2.45) is 0 Å². The lowest BCUT2D eigenvalue weighted by Gasteiger charge is -2.02. The van der Waals surface area contributed by atoms with Crippen LogP contribution in [-0.4, -0.2) is 23.8 Å². The Morgan fingerprint density at radius 1 is 1.14 bits per heavy atom. The van der Waals surface area contributed by atoms with Crippen LogP contribution in [0.1, 0.15) is 5.69 Å². The Morgan fingerprint density at radius 3 is 2.67 bits per heavy atom. The van der Waals surface area contributed by atoms with Gasteiger partial charge in [-0.3, -0.25) is 0 Å². The molecule has 1 aromatic carbocycles. The fourth-order valence-electron chi connectivity index (χ4n) is 1.77. The minimum absolute atomic E-state index is 0.109. The molecule has 21 heavy (non-hydrogen) atoms. The van der Waals surface area contributed by atoms with Crippen molar-refractivity contribution in [1.29, 1.82) is 0 Å². The number of rotatable bonds is 5. The number of aromatic amines is 1. The van der Waals surface area contributed by atoms with E-state index in [1.54, 1.807) is 6.07 Å². The highest BCUT2D eigenvalue weighted by Crippen LogP contribution is 2.30. The third-order valence-electron chi connectivity index (χ3n) is 2.81.